The van der Waals surface area contributed by atoms with Crippen LogP contribution in [0.15, 0.2) is 72.1 Å². The normalized spacial score (nSPS) is 14.8. The Labute approximate surface area is 209 Å². The van der Waals surface area contributed by atoms with Gasteiger partial charge in [0, 0.05) is 16.5 Å². The van der Waals surface area contributed by atoms with Crippen LogP contribution in [0.5, 0.6) is 0 Å². The molecule has 5 rings (SSSR count). The molecule has 2 heterocycles. The number of carbonyl (C=O) groups is 2. The van der Waals surface area contributed by atoms with Crippen LogP contribution in [-0.2, 0) is 14.9 Å². The SMILES string of the molecule is CC(OC(=O)Nc1cc(F)sc1-c1ccccc1-c1ccc(C2(C(=O)O)CC2)cc1)c1cccs1. The van der Waals surface area contributed by atoms with E-state index in [1.54, 1.807) is 6.92 Å². The van der Waals surface area contributed by atoms with Crippen LogP contribution in [-0.4, -0.2) is 17.2 Å². The van der Waals surface area contributed by atoms with Crippen molar-refractivity contribution in [2.75, 3.05) is 5.32 Å². The quantitative estimate of drug-likeness (QED) is 0.269. The molecule has 178 valence electrons. The second-order valence-corrected chi connectivity index (χ2v) is 10.5. The molecule has 0 radical (unpaired) electrons. The van der Waals surface area contributed by atoms with Gasteiger partial charge in [-0.3, -0.25) is 10.1 Å². The number of rotatable bonds is 7. The molecule has 4 aromatic rings. The molecular weight excluding hydrogens is 485 g/mol. The van der Waals surface area contributed by atoms with Gasteiger partial charge in [0.1, 0.15) is 6.10 Å². The highest BCUT2D eigenvalue weighted by atomic mass is 32.1. The predicted molar refractivity (Wildman–Crippen MR) is 137 cm³/mol. The maximum atomic E-state index is 14.4. The second-order valence-electron chi connectivity index (χ2n) is 8.49. The van der Waals surface area contributed by atoms with Crippen LogP contribution >= 0.6 is 22.7 Å². The van der Waals surface area contributed by atoms with Crippen molar-refractivity contribution >= 4 is 40.4 Å². The van der Waals surface area contributed by atoms with Crippen molar-refractivity contribution in [2.24, 2.45) is 0 Å². The molecule has 0 spiro atoms. The zero-order chi connectivity index (χ0) is 24.6. The summed E-state index contributed by atoms with van der Waals surface area (Å²) in [5, 5.41) is 13.8. The third-order valence-corrected chi connectivity index (χ3v) is 8.24. The van der Waals surface area contributed by atoms with E-state index in [1.165, 1.54) is 17.4 Å². The Kier molecular flexibility index (Phi) is 6.17. The highest BCUT2D eigenvalue weighted by Gasteiger charge is 2.51. The number of thiophene rings is 2. The lowest BCUT2D eigenvalue weighted by Gasteiger charge is -2.15. The molecule has 1 amide bonds. The summed E-state index contributed by atoms with van der Waals surface area (Å²) in [7, 11) is 0. The van der Waals surface area contributed by atoms with Crippen molar-refractivity contribution in [1.82, 2.24) is 0 Å². The smallest absolute Gasteiger partial charge is 0.412 e. The number of aliphatic carboxylic acids is 1. The van der Waals surface area contributed by atoms with Gasteiger partial charge in [-0.2, -0.15) is 4.39 Å². The Morgan fingerprint density at radius 3 is 2.40 bits per heavy atom. The Balaban J connectivity index is 1.42. The number of carboxylic acid groups (broad SMARTS) is 1. The van der Waals surface area contributed by atoms with Crippen LogP contribution in [0.25, 0.3) is 21.6 Å². The predicted octanol–water partition coefficient (Wildman–Crippen LogP) is 7.71. The van der Waals surface area contributed by atoms with E-state index in [2.05, 4.69) is 5.32 Å². The largest absolute Gasteiger partial charge is 0.481 e. The number of hydrogen-bond donors (Lipinski definition) is 2. The van der Waals surface area contributed by atoms with E-state index in [1.807, 2.05) is 66.0 Å². The second kappa shape index (κ2) is 9.28. The van der Waals surface area contributed by atoms with E-state index in [0.29, 0.717) is 23.4 Å². The molecule has 0 saturated heterocycles. The molecule has 8 heteroatoms. The van der Waals surface area contributed by atoms with Crippen LogP contribution in [0.1, 0.15) is 36.3 Å². The minimum atomic E-state index is -0.796. The highest BCUT2D eigenvalue weighted by Crippen LogP contribution is 2.49. The molecule has 1 aliphatic carbocycles. The van der Waals surface area contributed by atoms with E-state index in [4.69, 9.17) is 4.74 Å². The van der Waals surface area contributed by atoms with Gasteiger partial charge in [-0.05, 0) is 47.9 Å². The van der Waals surface area contributed by atoms with Crippen molar-refractivity contribution in [1.29, 1.82) is 0 Å². The Hall–Kier alpha value is -3.49. The molecule has 2 aromatic carbocycles. The van der Waals surface area contributed by atoms with E-state index in [-0.39, 0.29) is 0 Å². The third-order valence-electron chi connectivity index (χ3n) is 6.25. The number of carboxylic acids is 1. The number of hydrogen-bond acceptors (Lipinski definition) is 5. The summed E-state index contributed by atoms with van der Waals surface area (Å²) in [6, 6.07) is 20.1. The summed E-state index contributed by atoms with van der Waals surface area (Å²) < 4.78 is 19.9. The maximum absolute atomic E-state index is 14.4. The lowest BCUT2D eigenvalue weighted by Crippen LogP contribution is -2.19. The molecule has 1 saturated carbocycles. The number of carbonyl (C=O) groups excluding carboxylic acids is 1. The van der Waals surface area contributed by atoms with Gasteiger partial charge in [-0.25, -0.2) is 4.79 Å². The summed E-state index contributed by atoms with van der Waals surface area (Å²) in [4.78, 5) is 25.7. The van der Waals surface area contributed by atoms with Crippen molar-refractivity contribution in [3.63, 3.8) is 0 Å². The van der Waals surface area contributed by atoms with Gasteiger partial charge in [0.05, 0.1) is 16.0 Å². The number of nitrogens with one attached hydrogen (secondary N) is 1. The summed E-state index contributed by atoms with van der Waals surface area (Å²) in [5.74, 6) is -0.796. The topological polar surface area (TPSA) is 75.6 Å². The molecule has 1 aliphatic rings. The summed E-state index contributed by atoms with van der Waals surface area (Å²) in [6.45, 7) is 1.79. The van der Waals surface area contributed by atoms with Crippen LogP contribution in [0, 0.1) is 5.13 Å². The van der Waals surface area contributed by atoms with Gasteiger partial charge < -0.3 is 9.84 Å². The van der Waals surface area contributed by atoms with Gasteiger partial charge in [0.15, 0.2) is 5.13 Å². The van der Waals surface area contributed by atoms with Crippen molar-refractivity contribution in [2.45, 2.75) is 31.3 Å². The van der Waals surface area contributed by atoms with Gasteiger partial charge in [0.25, 0.3) is 0 Å². The maximum Gasteiger partial charge on any atom is 0.412 e. The average Bonchev–Trinajstić information content (AvgIpc) is 3.32. The summed E-state index contributed by atoms with van der Waals surface area (Å²) in [5.41, 5.74) is 2.84. The zero-order valence-electron chi connectivity index (χ0n) is 18.8. The van der Waals surface area contributed by atoms with E-state index in [0.717, 1.165) is 38.5 Å². The van der Waals surface area contributed by atoms with E-state index >= 15 is 0 Å². The lowest BCUT2D eigenvalue weighted by atomic mass is 9.92. The molecular formula is C27H22FNO4S2. The number of benzene rings is 2. The van der Waals surface area contributed by atoms with E-state index < -0.39 is 28.7 Å². The monoisotopic (exact) mass is 507 g/mol. The minimum Gasteiger partial charge on any atom is -0.481 e. The third kappa shape index (κ3) is 4.59. The molecule has 2 aromatic heterocycles. The van der Waals surface area contributed by atoms with Crippen LogP contribution in [0.2, 0.25) is 0 Å². The fraction of sp³-hybridized carbons (Fsp3) is 0.185. The molecule has 1 unspecified atom stereocenters. The summed E-state index contributed by atoms with van der Waals surface area (Å²) >= 11 is 2.44. The zero-order valence-corrected chi connectivity index (χ0v) is 20.4. The molecule has 5 nitrogen and oxygen atoms in total. The van der Waals surface area contributed by atoms with Crippen molar-refractivity contribution in [3.05, 3.63) is 87.7 Å². The van der Waals surface area contributed by atoms with Gasteiger partial charge in [0.2, 0.25) is 0 Å². The van der Waals surface area contributed by atoms with Crippen LogP contribution < -0.4 is 5.32 Å². The molecule has 2 N–H and O–H groups in total. The first kappa shape index (κ1) is 23.3. The fourth-order valence-electron chi connectivity index (χ4n) is 4.19. The average molecular weight is 508 g/mol. The standard InChI is InChI=1S/C27H22FNO4S2/c1-16(22-7-4-14-34-22)33-26(32)29-21-15-23(28)35-24(21)20-6-3-2-5-19(20)17-8-10-18(11-9-17)27(12-13-27)25(30)31/h2-11,14-16H,12-13H2,1H3,(H,29,32)(H,30,31). The first-order chi connectivity index (χ1) is 16.9. The highest BCUT2D eigenvalue weighted by molar-refractivity contribution is 7.14. The first-order valence-electron chi connectivity index (χ1n) is 11.1. The van der Waals surface area contributed by atoms with Gasteiger partial charge in [-0.15, -0.1) is 22.7 Å². The minimum absolute atomic E-state index is 0.336. The van der Waals surface area contributed by atoms with Gasteiger partial charge >= 0.3 is 12.1 Å². The number of anilines is 1. The molecule has 0 aliphatic heterocycles. The molecule has 1 fully saturated rings. The summed E-state index contributed by atoms with van der Waals surface area (Å²) in [6.07, 6.45) is 0.204. The molecule has 0 bridgehead atoms. The van der Waals surface area contributed by atoms with Crippen molar-refractivity contribution < 1.29 is 23.8 Å². The number of amides is 1. The van der Waals surface area contributed by atoms with Gasteiger partial charge in [-0.1, -0.05) is 54.6 Å². The van der Waals surface area contributed by atoms with Crippen molar-refractivity contribution in [3.8, 4) is 21.6 Å². The van der Waals surface area contributed by atoms with Crippen LogP contribution in [0.3, 0.4) is 0 Å². The Morgan fingerprint density at radius 1 is 1.06 bits per heavy atom. The van der Waals surface area contributed by atoms with E-state index in [9.17, 15) is 19.1 Å². The fourth-order valence-corrected chi connectivity index (χ4v) is 5.78. The number of halogens is 1. The lowest BCUT2D eigenvalue weighted by molar-refractivity contribution is -0.140. The Morgan fingerprint density at radius 2 is 1.77 bits per heavy atom. The van der Waals surface area contributed by atoms with Crippen LogP contribution in [0.4, 0.5) is 14.9 Å². The number of ether oxygens (including phenoxy) is 1. The Bertz CT molecular complexity index is 1370. The molecule has 35 heavy (non-hydrogen) atoms. The first-order valence-corrected chi connectivity index (χ1v) is 12.8. The molecule has 1 atom stereocenters.